The van der Waals surface area contributed by atoms with Crippen molar-refractivity contribution in [2.45, 2.75) is 45.3 Å². The van der Waals surface area contributed by atoms with Crippen LogP contribution in [0.2, 0.25) is 0 Å². The van der Waals surface area contributed by atoms with Crippen LogP contribution in [-0.2, 0) is 11.3 Å². The number of amides is 3. The number of ether oxygens (including phenoxy) is 2. The Labute approximate surface area is 226 Å². The lowest BCUT2D eigenvalue weighted by Crippen LogP contribution is -2.50. The number of nitrogens with one attached hydrogen (secondary N) is 1. The van der Waals surface area contributed by atoms with E-state index in [1.165, 1.54) is 4.90 Å². The lowest BCUT2D eigenvalue weighted by Gasteiger charge is -2.34. The number of hydrogen-bond donors (Lipinski definition) is 3. The van der Waals surface area contributed by atoms with E-state index in [0.717, 1.165) is 17.1 Å². The molecule has 11 heteroatoms. The Morgan fingerprint density at radius 2 is 1.58 bits per heavy atom. The molecule has 10 nitrogen and oxygen atoms in total. The first-order valence-electron chi connectivity index (χ1n) is 12.0. The third kappa shape index (κ3) is 6.41. The number of methoxy groups -OCH3 is 2. The van der Waals surface area contributed by atoms with E-state index in [1.807, 2.05) is 32.9 Å². The monoisotopic (exact) mass is 539 g/mol. The summed E-state index contributed by atoms with van der Waals surface area (Å²) in [5, 5.41) is 3.06. The molecule has 0 saturated heterocycles. The van der Waals surface area contributed by atoms with E-state index < -0.39 is 23.4 Å². The number of carbonyl (C=O) groups is 3. The van der Waals surface area contributed by atoms with Crippen molar-refractivity contribution in [3.8, 4) is 11.5 Å². The zero-order valence-electron chi connectivity index (χ0n) is 22.1. The average molecular weight is 540 g/mol. The summed E-state index contributed by atoms with van der Waals surface area (Å²) in [6, 6.07) is 13.0. The quantitative estimate of drug-likeness (QED) is 0.337. The van der Waals surface area contributed by atoms with E-state index >= 15 is 0 Å². The standard InChI is InChI=1S/C27H33N5O5S/c1-6-27(2,3)30-25(34)22(17-9-13-19(37-5)14-10-17)32(15-16-7-11-18(36-4)12-8-16)26(35)23-20(28)21(24(29)33)31-38-23/h7-14,22H,6,15,28H2,1-5H3,(H2,29,33)(H,30,34)/t22-/m0/s1. The summed E-state index contributed by atoms with van der Waals surface area (Å²) in [5.41, 5.74) is 12.0. The zero-order chi connectivity index (χ0) is 28.0. The minimum atomic E-state index is -1.04. The number of hydrogen-bond acceptors (Lipinski definition) is 8. The second-order valence-electron chi connectivity index (χ2n) is 9.32. The first kappa shape index (κ1) is 28.5. The maximum Gasteiger partial charge on any atom is 0.270 e. The highest BCUT2D eigenvalue weighted by molar-refractivity contribution is 7.09. The zero-order valence-corrected chi connectivity index (χ0v) is 22.9. The maximum absolute atomic E-state index is 14.0. The number of rotatable bonds is 11. The van der Waals surface area contributed by atoms with Gasteiger partial charge in [-0.05, 0) is 67.2 Å². The van der Waals surface area contributed by atoms with Gasteiger partial charge in [-0.15, -0.1) is 0 Å². The van der Waals surface area contributed by atoms with Crippen molar-refractivity contribution in [1.82, 2.24) is 14.6 Å². The Hall–Kier alpha value is -4.12. The molecule has 0 bridgehead atoms. The molecule has 0 aliphatic heterocycles. The Morgan fingerprint density at radius 1 is 1.03 bits per heavy atom. The highest BCUT2D eigenvalue weighted by Gasteiger charge is 2.36. The lowest BCUT2D eigenvalue weighted by molar-refractivity contribution is -0.127. The van der Waals surface area contributed by atoms with Crippen LogP contribution in [-0.4, -0.2) is 46.8 Å². The summed E-state index contributed by atoms with van der Waals surface area (Å²) in [7, 11) is 3.11. The van der Waals surface area contributed by atoms with Gasteiger partial charge in [0.15, 0.2) is 5.69 Å². The molecule has 0 spiro atoms. The van der Waals surface area contributed by atoms with Crippen molar-refractivity contribution >= 4 is 34.9 Å². The minimum Gasteiger partial charge on any atom is -0.497 e. The smallest absolute Gasteiger partial charge is 0.270 e. The van der Waals surface area contributed by atoms with E-state index in [1.54, 1.807) is 50.6 Å². The molecule has 2 aromatic carbocycles. The van der Waals surface area contributed by atoms with Gasteiger partial charge in [0, 0.05) is 12.1 Å². The van der Waals surface area contributed by atoms with Crippen molar-refractivity contribution < 1.29 is 23.9 Å². The van der Waals surface area contributed by atoms with E-state index in [-0.39, 0.29) is 28.7 Å². The first-order valence-corrected chi connectivity index (χ1v) is 12.7. The molecule has 0 aliphatic rings. The molecule has 3 rings (SSSR count). The first-order chi connectivity index (χ1) is 18.0. The highest BCUT2D eigenvalue weighted by atomic mass is 32.1. The van der Waals surface area contributed by atoms with Crippen LogP contribution in [0.4, 0.5) is 5.69 Å². The second-order valence-corrected chi connectivity index (χ2v) is 10.1. The van der Waals surface area contributed by atoms with Crippen LogP contribution in [0, 0.1) is 0 Å². The summed E-state index contributed by atoms with van der Waals surface area (Å²) in [4.78, 5) is 41.1. The number of carbonyl (C=O) groups excluding carboxylic acids is 3. The third-order valence-corrected chi connectivity index (χ3v) is 7.12. The molecule has 0 fully saturated rings. The molecule has 1 atom stereocenters. The lowest BCUT2D eigenvalue weighted by atomic mass is 9.98. The van der Waals surface area contributed by atoms with Gasteiger partial charge in [-0.25, -0.2) is 0 Å². The fourth-order valence-corrected chi connectivity index (χ4v) is 4.48. The summed E-state index contributed by atoms with van der Waals surface area (Å²) in [6.07, 6.45) is 0.671. The maximum atomic E-state index is 14.0. The van der Waals surface area contributed by atoms with Crippen LogP contribution in [0.1, 0.15) is 64.5 Å². The molecule has 3 aromatic rings. The third-order valence-electron chi connectivity index (χ3n) is 6.27. The van der Waals surface area contributed by atoms with E-state index in [4.69, 9.17) is 20.9 Å². The molecular weight excluding hydrogens is 506 g/mol. The Bertz CT molecular complexity index is 1290. The average Bonchev–Trinajstić information content (AvgIpc) is 3.29. The number of nitrogens with two attached hydrogens (primary N) is 2. The number of primary amides is 1. The van der Waals surface area contributed by atoms with Crippen LogP contribution in [0.5, 0.6) is 11.5 Å². The Morgan fingerprint density at radius 3 is 2.05 bits per heavy atom. The van der Waals surface area contributed by atoms with Crippen LogP contribution >= 0.6 is 11.5 Å². The van der Waals surface area contributed by atoms with Gasteiger partial charge in [0.05, 0.1) is 19.9 Å². The van der Waals surface area contributed by atoms with Crippen molar-refractivity contribution in [3.63, 3.8) is 0 Å². The SMILES string of the molecule is CCC(C)(C)NC(=O)[C@H](c1ccc(OC)cc1)N(Cc1ccc(OC)cc1)C(=O)c1snc(C(N)=O)c1N. The molecule has 3 amide bonds. The number of nitrogens with zero attached hydrogens (tertiary/aromatic N) is 2. The minimum absolute atomic E-state index is 0.0216. The van der Waals surface area contributed by atoms with Crippen LogP contribution in [0.25, 0.3) is 0 Å². The fourth-order valence-electron chi connectivity index (χ4n) is 3.72. The molecule has 0 saturated carbocycles. The number of anilines is 1. The molecule has 38 heavy (non-hydrogen) atoms. The normalized spacial score (nSPS) is 11.9. The van der Waals surface area contributed by atoms with Gasteiger partial charge in [0.1, 0.15) is 22.4 Å². The predicted molar refractivity (Wildman–Crippen MR) is 146 cm³/mol. The molecule has 0 radical (unpaired) electrons. The van der Waals surface area contributed by atoms with Crippen molar-refractivity contribution in [2.75, 3.05) is 20.0 Å². The molecule has 202 valence electrons. The summed E-state index contributed by atoms with van der Waals surface area (Å²) >= 11 is 0.767. The molecule has 0 aliphatic carbocycles. The molecule has 1 heterocycles. The van der Waals surface area contributed by atoms with Crippen molar-refractivity contribution in [3.05, 3.63) is 70.2 Å². The highest BCUT2D eigenvalue weighted by Crippen LogP contribution is 2.32. The number of aromatic nitrogens is 1. The predicted octanol–water partition coefficient (Wildman–Crippen LogP) is 3.53. The topological polar surface area (TPSA) is 150 Å². The summed E-state index contributed by atoms with van der Waals surface area (Å²) < 4.78 is 14.5. The van der Waals surface area contributed by atoms with Gasteiger partial charge in [0.2, 0.25) is 5.91 Å². The number of benzene rings is 2. The van der Waals surface area contributed by atoms with E-state index in [9.17, 15) is 14.4 Å². The molecule has 5 N–H and O–H groups in total. The van der Waals surface area contributed by atoms with Crippen LogP contribution in [0.3, 0.4) is 0 Å². The Kier molecular flexibility index (Phi) is 8.95. The van der Waals surface area contributed by atoms with Gasteiger partial charge in [-0.2, -0.15) is 4.37 Å². The second kappa shape index (κ2) is 12.0. The van der Waals surface area contributed by atoms with E-state index in [0.29, 0.717) is 23.5 Å². The van der Waals surface area contributed by atoms with E-state index in [2.05, 4.69) is 9.69 Å². The Balaban J connectivity index is 2.16. The van der Waals surface area contributed by atoms with Crippen molar-refractivity contribution in [1.29, 1.82) is 0 Å². The number of nitrogen functional groups attached to an aromatic ring is 1. The van der Waals surface area contributed by atoms with Crippen LogP contribution < -0.4 is 26.3 Å². The summed E-state index contributed by atoms with van der Waals surface area (Å²) in [5.74, 6) is -0.518. The molecular formula is C27H33N5O5S. The van der Waals surface area contributed by atoms with Gasteiger partial charge in [0.25, 0.3) is 11.8 Å². The summed E-state index contributed by atoms with van der Waals surface area (Å²) in [6.45, 7) is 5.84. The van der Waals surface area contributed by atoms with Crippen LogP contribution in [0.15, 0.2) is 48.5 Å². The van der Waals surface area contributed by atoms with Gasteiger partial charge < -0.3 is 31.2 Å². The largest absolute Gasteiger partial charge is 0.497 e. The van der Waals surface area contributed by atoms with Gasteiger partial charge in [-0.3, -0.25) is 14.4 Å². The molecule has 1 aromatic heterocycles. The van der Waals surface area contributed by atoms with Gasteiger partial charge in [-0.1, -0.05) is 31.2 Å². The van der Waals surface area contributed by atoms with Gasteiger partial charge >= 0.3 is 0 Å². The fraction of sp³-hybridized carbons (Fsp3) is 0.333. The molecule has 0 unspecified atom stereocenters. The van der Waals surface area contributed by atoms with Crippen molar-refractivity contribution in [2.24, 2.45) is 5.73 Å².